The van der Waals surface area contributed by atoms with Crippen molar-refractivity contribution in [3.8, 4) is 6.07 Å². The maximum Gasteiger partial charge on any atom is 0.251 e. The lowest BCUT2D eigenvalue weighted by molar-refractivity contribution is -0.203. The van der Waals surface area contributed by atoms with Crippen LogP contribution in [-0.2, 0) is 10.5 Å². The molecule has 1 aliphatic rings. The molecule has 0 unspecified atom stereocenters. The SMILES string of the molecule is N#C[C@]1(n2ccc(=O)[nH]c2=S)CC[C@@](F)(CO)O1. The van der Waals surface area contributed by atoms with E-state index >= 15 is 0 Å². The van der Waals surface area contributed by atoms with E-state index in [9.17, 15) is 14.4 Å². The number of aliphatic hydroxyl groups excluding tert-OH is 1. The highest BCUT2D eigenvalue weighted by molar-refractivity contribution is 7.71. The van der Waals surface area contributed by atoms with E-state index in [-0.39, 0.29) is 17.6 Å². The lowest BCUT2D eigenvalue weighted by Crippen LogP contribution is -2.38. The van der Waals surface area contributed by atoms with Crippen molar-refractivity contribution >= 4 is 12.2 Å². The van der Waals surface area contributed by atoms with Crippen LogP contribution in [0.25, 0.3) is 0 Å². The Kier molecular flexibility index (Phi) is 3.06. The number of nitriles is 1. The topological polar surface area (TPSA) is 91.0 Å². The molecule has 2 N–H and O–H groups in total. The van der Waals surface area contributed by atoms with Crippen molar-refractivity contribution in [1.82, 2.24) is 9.55 Å². The molecule has 1 aromatic heterocycles. The Morgan fingerprint density at radius 2 is 2.44 bits per heavy atom. The zero-order valence-corrected chi connectivity index (χ0v) is 10.0. The van der Waals surface area contributed by atoms with Crippen LogP contribution in [-0.4, -0.2) is 27.1 Å². The van der Waals surface area contributed by atoms with Crippen molar-refractivity contribution in [3.63, 3.8) is 0 Å². The summed E-state index contributed by atoms with van der Waals surface area (Å²) in [5.41, 5.74) is -2.06. The first-order chi connectivity index (χ1) is 8.45. The Balaban J connectivity index is 2.51. The van der Waals surface area contributed by atoms with Crippen LogP contribution in [0.4, 0.5) is 4.39 Å². The van der Waals surface area contributed by atoms with Crippen LogP contribution in [0.2, 0.25) is 0 Å². The number of hydrogen-bond donors (Lipinski definition) is 2. The van der Waals surface area contributed by atoms with Crippen molar-refractivity contribution in [2.75, 3.05) is 6.61 Å². The molecule has 2 heterocycles. The molecular formula is C10H10FN3O3S. The maximum absolute atomic E-state index is 13.9. The summed E-state index contributed by atoms with van der Waals surface area (Å²) in [6.45, 7) is -0.840. The van der Waals surface area contributed by atoms with Crippen molar-refractivity contribution in [2.24, 2.45) is 0 Å². The summed E-state index contributed by atoms with van der Waals surface area (Å²) in [4.78, 5) is 13.4. The number of aliphatic hydroxyl groups is 1. The van der Waals surface area contributed by atoms with Gasteiger partial charge in [-0.2, -0.15) is 5.26 Å². The minimum atomic E-state index is -2.26. The summed E-state index contributed by atoms with van der Waals surface area (Å²) in [7, 11) is 0. The van der Waals surface area contributed by atoms with Gasteiger partial charge in [-0.25, -0.2) is 4.39 Å². The van der Waals surface area contributed by atoms with Crippen LogP contribution in [0.3, 0.4) is 0 Å². The average molecular weight is 271 g/mol. The molecule has 2 atom stereocenters. The van der Waals surface area contributed by atoms with Gasteiger partial charge in [0.2, 0.25) is 11.6 Å². The number of ether oxygens (including phenoxy) is 1. The molecule has 0 radical (unpaired) electrons. The molecule has 0 aliphatic carbocycles. The van der Waals surface area contributed by atoms with Gasteiger partial charge in [-0.15, -0.1) is 0 Å². The maximum atomic E-state index is 13.9. The third-order valence-electron chi connectivity index (χ3n) is 2.81. The largest absolute Gasteiger partial charge is 0.390 e. The summed E-state index contributed by atoms with van der Waals surface area (Å²) in [5, 5.41) is 18.1. The van der Waals surface area contributed by atoms with Crippen molar-refractivity contribution in [2.45, 2.75) is 24.4 Å². The molecule has 6 nitrogen and oxygen atoms in total. The molecule has 1 aromatic rings. The molecular weight excluding hydrogens is 261 g/mol. The standard InChI is InChI=1S/C10H10FN3O3S/c11-9(6-15)2-3-10(5-12,17-9)14-4-1-7(16)13-8(14)18/h1,4,15H,2-3,6H2,(H,13,16,18)/t9-,10-/m0/s1. The number of H-pyrrole nitrogens is 1. The Morgan fingerprint density at radius 1 is 1.72 bits per heavy atom. The van der Waals surface area contributed by atoms with Gasteiger partial charge in [0, 0.05) is 25.1 Å². The summed E-state index contributed by atoms with van der Waals surface area (Å²) in [6.07, 6.45) is 1.17. The van der Waals surface area contributed by atoms with Crippen LogP contribution in [0.15, 0.2) is 17.1 Å². The number of aromatic nitrogens is 2. The van der Waals surface area contributed by atoms with Crippen molar-refractivity contribution in [3.05, 3.63) is 27.4 Å². The first-order valence-electron chi connectivity index (χ1n) is 5.18. The number of rotatable bonds is 2. The molecule has 0 spiro atoms. The highest BCUT2D eigenvalue weighted by Gasteiger charge is 2.51. The van der Waals surface area contributed by atoms with E-state index in [1.165, 1.54) is 10.8 Å². The fourth-order valence-corrected chi connectivity index (χ4v) is 2.18. The van der Waals surface area contributed by atoms with Crippen LogP contribution in [0.1, 0.15) is 12.8 Å². The summed E-state index contributed by atoms with van der Waals surface area (Å²) < 4.78 is 20.1. The van der Waals surface area contributed by atoms with Crippen LogP contribution < -0.4 is 5.56 Å². The van der Waals surface area contributed by atoms with Gasteiger partial charge in [0.1, 0.15) is 12.7 Å². The van der Waals surface area contributed by atoms with Crippen LogP contribution in [0.5, 0.6) is 0 Å². The van der Waals surface area contributed by atoms with E-state index < -0.39 is 23.7 Å². The molecule has 96 valence electrons. The molecule has 1 aliphatic heterocycles. The Hall–Kier alpha value is -1.56. The Labute approximate surface area is 106 Å². The van der Waals surface area contributed by atoms with E-state index in [0.717, 1.165) is 6.07 Å². The second-order valence-electron chi connectivity index (χ2n) is 4.02. The average Bonchev–Trinajstić information content (AvgIpc) is 2.69. The normalized spacial score (nSPS) is 31.2. The number of hydrogen-bond acceptors (Lipinski definition) is 5. The molecule has 0 bridgehead atoms. The van der Waals surface area contributed by atoms with Gasteiger partial charge in [-0.1, -0.05) is 0 Å². The number of aromatic amines is 1. The van der Waals surface area contributed by atoms with E-state index in [1.54, 1.807) is 0 Å². The van der Waals surface area contributed by atoms with E-state index in [2.05, 4.69) is 4.98 Å². The number of nitrogens with one attached hydrogen (secondary N) is 1. The first kappa shape index (κ1) is 12.9. The molecule has 0 aromatic carbocycles. The molecule has 18 heavy (non-hydrogen) atoms. The van der Waals surface area contributed by atoms with Crippen molar-refractivity contribution in [1.29, 1.82) is 5.26 Å². The lowest BCUT2D eigenvalue weighted by atomic mass is 10.1. The highest BCUT2D eigenvalue weighted by atomic mass is 32.1. The van der Waals surface area contributed by atoms with Gasteiger partial charge < -0.3 is 9.84 Å². The first-order valence-corrected chi connectivity index (χ1v) is 5.59. The second-order valence-corrected chi connectivity index (χ2v) is 4.41. The molecule has 2 rings (SSSR count). The van der Waals surface area contributed by atoms with Crippen LogP contribution in [0, 0.1) is 16.1 Å². The van der Waals surface area contributed by atoms with Crippen LogP contribution >= 0.6 is 12.2 Å². The zero-order valence-electron chi connectivity index (χ0n) is 9.22. The van der Waals surface area contributed by atoms with Crippen molar-refractivity contribution < 1.29 is 14.2 Å². The summed E-state index contributed by atoms with van der Waals surface area (Å²) in [6, 6.07) is 3.01. The van der Waals surface area contributed by atoms with Gasteiger partial charge in [-0.3, -0.25) is 14.3 Å². The van der Waals surface area contributed by atoms with Gasteiger partial charge in [0.25, 0.3) is 5.56 Å². The quantitative estimate of drug-likeness (QED) is 0.766. The second kappa shape index (κ2) is 4.28. The Bertz CT molecular complexity index is 622. The zero-order chi connectivity index (χ0) is 13.4. The number of nitrogens with zero attached hydrogens (tertiary/aromatic N) is 2. The smallest absolute Gasteiger partial charge is 0.251 e. The minimum absolute atomic E-state index is 0.0287. The third-order valence-corrected chi connectivity index (χ3v) is 3.11. The van der Waals surface area contributed by atoms with Gasteiger partial charge in [-0.05, 0) is 12.2 Å². The molecule has 0 amide bonds. The Morgan fingerprint density at radius 3 is 2.94 bits per heavy atom. The predicted octanol–water partition coefficient (Wildman–Crippen LogP) is 0.551. The molecule has 1 fully saturated rings. The third kappa shape index (κ3) is 1.96. The van der Waals surface area contributed by atoms with Gasteiger partial charge in [0.15, 0.2) is 4.77 Å². The molecule has 8 heteroatoms. The number of halogens is 1. The van der Waals surface area contributed by atoms with E-state index in [0.29, 0.717) is 0 Å². The highest BCUT2D eigenvalue weighted by Crippen LogP contribution is 2.41. The van der Waals surface area contributed by atoms with E-state index in [1.807, 2.05) is 6.07 Å². The fraction of sp³-hybridized carbons (Fsp3) is 0.500. The van der Waals surface area contributed by atoms with E-state index in [4.69, 9.17) is 22.1 Å². The molecule has 0 saturated carbocycles. The monoisotopic (exact) mass is 271 g/mol. The fourth-order valence-electron chi connectivity index (χ4n) is 1.88. The summed E-state index contributed by atoms with van der Waals surface area (Å²) in [5.74, 6) is -2.26. The van der Waals surface area contributed by atoms with Gasteiger partial charge in [0.05, 0.1) is 0 Å². The predicted molar refractivity (Wildman–Crippen MR) is 60.7 cm³/mol. The van der Waals surface area contributed by atoms with Gasteiger partial charge >= 0.3 is 0 Å². The minimum Gasteiger partial charge on any atom is -0.390 e. The summed E-state index contributed by atoms with van der Waals surface area (Å²) >= 11 is 4.92. The number of alkyl halides is 1. The molecule has 1 saturated heterocycles. The lowest BCUT2D eigenvalue weighted by Gasteiger charge is -2.26.